The zero-order valence-electron chi connectivity index (χ0n) is 21.2. The highest BCUT2D eigenvalue weighted by molar-refractivity contribution is 6.24. The van der Waals surface area contributed by atoms with Gasteiger partial charge >= 0.3 is 12.4 Å². The monoisotopic (exact) mass is 549 g/mol. The Bertz CT molecular complexity index is 1610. The minimum absolute atomic E-state index is 0.0977. The van der Waals surface area contributed by atoms with Crippen molar-refractivity contribution in [3.63, 3.8) is 0 Å². The third-order valence-corrected chi connectivity index (χ3v) is 5.97. The normalized spacial score (nSPS) is 13.3. The van der Waals surface area contributed by atoms with Gasteiger partial charge in [-0.05, 0) is 73.5 Å². The Balaban J connectivity index is 1.25. The van der Waals surface area contributed by atoms with Crippen LogP contribution in [-0.2, 0) is 9.53 Å². The lowest BCUT2D eigenvalue weighted by molar-refractivity contribution is -0.274. The van der Waals surface area contributed by atoms with Crippen LogP contribution in [-0.4, -0.2) is 39.5 Å². The third-order valence-electron chi connectivity index (χ3n) is 5.97. The number of hydrogen-bond acceptors (Lipinski definition) is 6. The molecule has 2 N–H and O–H groups in total. The van der Waals surface area contributed by atoms with Gasteiger partial charge in [-0.3, -0.25) is 10.1 Å². The average Bonchev–Trinajstić information content (AvgIpc) is 3.53. The standard InChI is InChI=1S/C28H22F3N5O4/c1-16-3-4-17(2)22(13-16)24-23(37)14-39-26(24)34-27(38)33-19-7-5-18(6-8-19)25-32-15-36(35-25)20-9-11-21(12-10-20)40-28(29,30)31/h3-13,15H,14H2,1-2H3,(H2,33,34,38). The van der Waals surface area contributed by atoms with E-state index in [0.717, 1.165) is 11.1 Å². The van der Waals surface area contributed by atoms with Gasteiger partial charge in [-0.2, -0.15) is 0 Å². The summed E-state index contributed by atoms with van der Waals surface area (Å²) in [5.74, 6) is -0.0909. The molecule has 9 nitrogen and oxygen atoms in total. The summed E-state index contributed by atoms with van der Waals surface area (Å²) in [5, 5.41) is 9.68. The molecule has 0 spiro atoms. The number of ether oxygens (including phenoxy) is 2. The highest BCUT2D eigenvalue weighted by Gasteiger charge is 2.31. The van der Waals surface area contributed by atoms with Gasteiger partial charge in [0.25, 0.3) is 0 Å². The summed E-state index contributed by atoms with van der Waals surface area (Å²) in [5.41, 5.74) is 4.51. The lowest BCUT2D eigenvalue weighted by Crippen LogP contribution is -2.28. The summed E-state index contributed by atoms with van der Waals surface area (Å²) in [4.78, 5) is 29.4. The Kier molecular flexibility index (Phi) is 6.99. The minimum Gasteiger partial charge on any atom is -0.470 e. The maximum Gasteiger partial charge on any atom is 0.573 e. The summed E-state index contributed by atoms with van der Waals surface area (Å²) in [7, 11) is 0. The molecular formula is C28H22F3N5O4. The van der Waals surface area contributed by atoms with Crippen molar-refractivity contribution in [1.29, 1.82) is 0 Å². The Morgan fingerprint density at radius 3 is 2.42 bits per heavy atom. The Morgan fingerprint density at radius 2 is 1.73 bits per heavy atom. The van der Waals surface area contributed by atoms with Gasteiger partial charge in [-0.25, -0.2) is 14.5 Å². The van der Waals surface area contributed by atoms with Crippen molar-refractivity contribution in [3.8, 4) is 22.8 Å². The number of carbonyl (C=O) groups is 2. The van der Waals surface area contributed by atoms with Crippen molar-refractivity contribution in [2.75, 3.05) is 11.9 Å². The maximum absolute atomic E-state index is 12.7. The molecule has 1 aromatic heterocycles. The van der Waals surface area contributed by atoms with E-state index in [4.69, 9.17) is 4.74 Å². The van der Waals surface area contributed by atoms with E-state index in [-0.39, 0.29) is 24.0 Å². The summed E-state index contributed by atoms with van der Waals surface area (Å²) < 4.78 is 47.9. The van der Waals surface area contributed by atoms with E-state index in [2.05, 4.69) is 25.5 Å². The zero-order valence-corrected chi connectivity index (χ0v) is 21.2. The molecule has 0 bridgehead atoms. The number of amides is 2. The van der Waals surface area contributed by atoms with Gasteiger partial charge in [0.2, 0.25) is 11.7 Å². The topological polar surface area (TPSA) is 107 Å². The lowest BCUT2D eigenvalue weighted by atomic mass is 9.97. The van der Waals surface area contributed by atoms with Crippen LogP contribution < -0.4 is 15.4 Å². The van der Waals surface area contributed by atoms with E-state index in [0.29, 0.717) is 33.9 Å². The minimum atomic E-state index is -4.77. The largest absolute Gasteiger partial charge is 0.573 e. The van der Waals surface area contributed by atoms with Crippen molar-refractivity contribution >= 4 is 23.1 Å². The van der Waals surface area contributed by atoms with Gasteiger partial charge in [0.1, 0.15) is 12.1 Å². The molecule has 0 aliphatic carbocycles. The molecule has 204 valence electrons. The second-order valence-corrected chi connectivity index (χ2v) is 8.95. The molecule has 0 atom stereocenters. The molecule has 5 rings (SSSR count). The fraction of sp³-hybridized carbons (Fsp3) is 0.143. The van der Waals surface area contributed by atoms with E-state index in [9.17, 15) is 22.8 Å². The van der Waals surface area contributed by atoms with Crippen LogP contribution in [0.3, 0.4) is 0 Å². The first-order chi connectivity index (χ1) is 19.1. The number of carbonyl (C=O) groups excluding carboxylic acids is 2. The smallest absolute Gasteiger partial charge is 0.470 e. The number of nitrogens with zero attached hydrogens (tertiary/aromatic N) is 3. The number of urea groups is 1. The van der Waals surface area contributed by atoms with Crippen molar-refractivity contribution < 1.29 is 32.2 Å². The molecule has 4 aromatic rings. The molecule has 1 aliphatic rings. The maximum atomic E-state index is 12.7. The molecule has 0 unspecified atom stereocenters. The summed E-state index contributed by atoms with van der Waals surface area (Å²) in [6.07, 6.45) is -3.34. The van der Waals surface area contributed by atoms with E-state index < -0.39 is 12.4 Å². The molecule has 2 amide bonds. The van der Waals surface area contributed by atoms with Gasteiger partial charge in [-0.1, -0.05) is 23.8 Å². The van der Waals surface area contributed by atoms with E-state index >= 15 is 0 Å². The summed E-state index contributed by atoms with van der Waals surface area (Å²) in [6, 6.07) is 17.1. The van der Waals surface area contributed by atoms with Gasteiger partial charge in [0.05, 0.1) is 11.3 Å². The van der Waals surface area contributed by atoms with Crippen LogP contribution in [0.15, 0.2) is 78.9 Å². The third kappa shape index (κ3) is 5.96. The molecule has 2 heterocycles. The van der Waals surface area contributed by atoms with Crippen molar-refractivity contribution in [1.82, 2.24) is 20.1 Å². The fourth-order valence-corrected chi connectivity index (χ4v) is 4.07. The predicted octanol–water partition coefficient (Wildman–Crippen LogP) is 5.54. The summed E-state index contributed by atoms with van der Waals surface area (Å²) in [6.45, 7) is 3.65. The number of Topliss-reactive ketones (excluding diaryl/α,β-unsaturated/α-hetero) is 1. The number of rotatable bonds is 6. The van der Waals surface area contributed by atoms with Gasteiger partial charge in [0, 0.05) is 11.3 Å². The first kappa shape index (κ1) is 26.5. The Labute approximate surface area is 226 Å². The van der Waals surface area contributed by atoms with Crippen LogP contribution in [0.1, 0.15) is 16.7 Å². The fourth-order valence-electron chi connectivity index (χ4n) is 4.07. The van der Waals surface area contributed by atoms with E-state index in [1.54, 1.807) is 24.3 Å². The van der Waals surface area contributed by atoms with Crippen LogP contribution in [0.4, 0.5) is 23.7 Å². The molecule has 0 radical (unpaired) electrons. The molecule has 0 saturated carbocycles. The van der Waals surface area contributed by atoms with Gasteiger partial charge in [-0.15, -0.1) is 18.3 Å². The number of ketones is 1. The number of nitrogens with one attached hydrogen (secondary N) is 2. The van der Waals surface area contributed by atoms with Gasteiger partial charge in [0.15, 0.2) is 12.4 Å². The zero-order chi connectivity index (χ0) is 28.4. The molecule has 12 heteroatoms. The number of halogens is 3. The molecular weight excluding hydrogens is 527 g/mol. The van der Waals surface area contributed by atoms with Crippen LogP contribution in [0.25, 0.3) is 22.6 Å². The van der Waals surface area contributed by atoms with Crippen molar-refractivity contribution in [3.05, 3.63) is 95.6 Å². The predicted molar refractivity (Wildman–Crippen MR) is 139 cm³/mol. The quantitative estimate of drug-likeness (QED) is 0.327. The Morgan fingerprint density at radius 1 is 1.00 bits per heavy atom. The van der Waals surface area contributed by atoms with Gasteiger partial charge < -0.3 is 14.8 Å². The average molecular weight is 550 g/mol. The highest BCUT2D eigenvalue weighted by Crippen LogP contribution is 2.29. The van der Waals surface area contributed by atoms with Crippen LogP contribution >= 0.6 is 0 Å². The molecule has 1 aliphatic heterocycles. The molecule has 3 aromatic carbocycles. The number of hydrogen-bond donors (Lipinski definition) is 2. The first-order valence-electron chi connectivity index (χ1n) is 12.0. The van der Waals surface area contributed by atoms with E-state index in [1.165, 1.54) is 35.3 Å². The number of benzene rings is 3. The summed E-state index contributed by atoms with van der Waals surface area (Å²) >= 11 is 0. The molecule has 0 fully saturated rings. The highest BCUT2D eigenvalue weighted by atomic mass is 19.4. The lowest BCUT2D eigenvalue weighted by Gasteiger charge is -2.11. The van der Waals surface area contributed by atoms with E-state index in [1.807, 2.05) is 32.0 Å². The van der Waals surface area contributed by atoms with Crippen molar-refractivity contribution in [2.45, 2.75) is 20.2 Å². The number of alkyl halides is 3. The molecule has 0 saturated heterocycles. The second-order valence-electron chi connectivity index (χ2n) is 8.95. The number of aromatic nitrogens is 3. The molecule has 40 heavy (non-hydrogen) atoms. The second kappa shape index (κ2) is 10.6. The van der Waals surface area contributed by atoms with Crippen LogP contribution in [0.5, 0.6) is 5.75 Å². The van der Waals surface area contributed by atoms with Crippen LogP contribution in [0.2, 0.25) is 0 Å². The van der Waals surface area contributed by atoms with Crippen molar-refractivity contribution in [2.24, 2.45) is 0 Å². The van der Waals surface area contributed by atoms with Crippen LogP contribution in [0, 0.1) is 13.8 Å². The Hall–Kier alpha value is -5.13. The number of anilines is 1. The number of aryl methyl sites for hydroxylation is 2. The SMILES string of the molecule is Cc1ccc(C)c(C2=C(NC(=O)Nc3ccc(-c4ncn(-c5ccc(OC(F)(F)F)cc5)n4)cc3)OCC2=O)c1. The first-order valence-corrected chi connectivity index (χ1v) is 12.0.